The first-order valence-electron chi connectivity index (χ1n) is 7.28. The number of morpholine rings is 1. The van der Waals surface area contributed by atoms with Gasteiger partial charge in [0, 0.05) is 16.6 Å². The highest BCUT2D eigenvalue weighted by Gasteiger charge is 2.62. The van der Waals surface area contributed by atoms with E-state index in [9.17, 15) is 0 Å². The lowest BCUT2D eigenvalue weighted by molar-refractivity contribution is -0.306. The molecule has 0 aromatic carbocycles. The maximum Gasteiger partial charge on any atom is 0.0812 e. The van der Waals surface area contributed by atoms with Crippen LogP contribution in [0.2, 0.25) is 0 Å². The summed E-state index contributed by atoms with van der Waals surface area (Å²) in [5.74, 6) is 0. The lowest BCUT2D eigenvalue weighted by Gasteiger charge is -2.69. The summed E-state index contributed by atoms with van der Waals surface area (Å²) in [5, 5.41) is 0. The Balaban J connectivity index is 3.55. The summed E-state index contributed by atoms with van der Waals surface area (Å²) in [5.41, 5.74) is -0.739. The molecule has 112 valence electrons. The zero-order valence-corrected chi connectivity index (χ0v) is 14.6. The maximum absolute atomic E-state index is 6.49. The third-order valence-electron chi connectivity index (χ3n) is 5.65. The molecule has 0 N–H and O–H groups in total. The van der Waals surface area contributed by atoms with Gasteiger partial charge in [-0.1, -0.05) is 6.08 Å². The van der Waals surface area contributed by atoms with Crippen molar-refractivity contribution < 1.29 is 4.74 Å². The second-order valence-corrected chi connectivity index (χ2v) is 8.43. The van der Waals surface area contributed by atoms with Gasteiger partial charge in [0.1, 0.15) is 0 Å². The average molecular weight is 267 g/mol. The summed E-state index contributed by atoms with van der Waals surface area (Å²) in [4.78, 5) is 2.57. The van der Waals surface area contributed by atoms with E-state index in [-0.39, 0.29) is 27.8 Å². The number of nitrogens with zero attached hydrogens (tertiary/aromatic N) is 1. The van der Waals surface area contributed by atoms with Gasteiger partial charge in [-0.25, -0.2) is 0 Å². The summed E-state index contributed by atoms with van der Waals surface area (Å²) >= 11 is 0. The Morgan fingerprint density at radius 1 is 0.842 bits per heavy atom. The van der Waals surface area contributed by atoms with Crippen LogP contribution in [0.5, 0.6) is 0 Å². The molecule has 19 heavy (non-hydrogen) atoms. The SMILES string of the molecule is C=CC(C)(C)N1C(C)(C)C(C)(C)OC(C)(C)C1(C)C. The van der Waals surface area contributed by atoms with Crippen LogP contribution in [0.4, 0.5) is 0 Å². The molecule has 0 radical (unpaired) electrons. The minimum Gasteiger partial charge on any atom is -0.366 e. The molecule has 0 amide bonds. The van der Waals surface area contributed by atoms with E-state index in [1.807, 2.05) is 6.08 Å². The van der Waals surface area contributed by atoms with Crippen LogP contribution in [-0.2, 0) is 4.74 Å². The van der Waals surface area contributed by atoms with E-state index in [2.05, 4.69) is 80.7 Å². The average Bonchev–Trinajstić information content (AvgIpc) is 2.12. The molecule has 1 fully saturated rings. The number of hydrogen-bond acceptors (Lipinski definition) is 2. The highest BCUT2D eigenvalue weighted by Crippen LogP contribution is 2.52. The van der Waals surface area contributed by atoms with Crippen LogP contribution in [0.15, 0.2) is 12.7 Å². The van der Waals surface area contributed by atoms with Crippen LogP contribution < -0.4 is 0 Å². The van der Waals surface area contributed by atoms with Crippen LogP contribution in [0, 0.1) is 0 Å². The molecule has 0 aliphatic carbocycles. The predicted octanol–water partition coefficient (Wildman–Crippen LogP) is 4.40. The summed E-state index contributed by atoms with van der Waals surface area (Å²) in [6.45, 7) is 26.4. The van der Waals surface area contributed by atoms with Gasteiger partial charge in [0.15, 0.2) is 0 Å². The number of hydrogen-bond donors (Lipinski definition) is 0. The van der Waals surface area contributed by atoms with Gasteiger partial charge < -0.3 is 4.74 Å². The number of ether oxygens (including phenoxy) is 1. The van der Waals surface area contributed by atoms with Crippen molar-refractivity contribution in [3.8, 4) is 0 Å². The first-order valence-corrected chi connectivity index (χ1v) is 7.28. The fourth-order valence-corrected chi connectivity index (χ4v) is 3.66. The van der Waals surface area contributed by atoms with E-state index >= 15 is 0 Å². The van der Waals surface area contributed by atoms with Crippen molar-refractivity contribution in [3.63, 3.8) is 0 Å². The molecule has 1 aliphatic rings. The van der Waals surface area contributed by atoms with E-state index in [1.54, 1.807) is 0 Å². The largest absolute Gasteiger partial charge is 0.366 e. The number of rotatable bonds is 2. The van der Waals surface area contributed by atoms with Crippen molar-refractivity contribution in [2.45, 2.75) is 97.1 Å². The molecular weight excluding hydrogens is 234 g/mol. The minimum atomic E-state index is -0.230. The third-order valence-corrected chi connectivity index (χ3v) is 5.65. The molecule has 2 heteroatoms. The molecule has 0 bridgehead atoms. The van der Waals surface area contributed by atoms with Gasteiger partial charge in [-0.05, 0) is 69.2 Å². The fourth-order valence-electron chi connectivity index (χ4n) is 3.66. The monoisotopic (exact) mass is 267 g/mol. The zero-order chi connectivity index (χ0) is 15.5. The van der Waals surface area contributed by atoms with Crippen LogP contribution in [0.1, 0.15) is 69.2 Å². The van der Waals surface area contributed by atoms with Gasteiger partial charge in [0.25, 0.3) is 0 Å². The lowest BCUT2D eigenvalue weighted by Crippen LogP contribution is -2.80. The predicted molar refractivity (Wildman–Crippen MR) is 83.5 cm³/mol. The van der Waals surface area contributed by atoms with E-state index in [0.29, 0.717) is 0 Å². The molecule has 1 aliphatic heterocycles. The van der Waals surface area contributed by atoms with Gasteiger partial charge in [-0.15, -0.1) is 6.58 Å². The summed E-state index contributed by atoms with van der Waals surface area (Å²) in [6, 6.07) is 0. The zero-order valence-electron chi connectivity index (χ0n) is 14.6. The molecule has 2 nitrogen and oxygen atoms in total. The maximum atomic E-state index is 6.49. The Bertz CT molecular complexity index is 349. The van der Waals surface area contributed by atoms with Crippen LogP contribution >= 0.6 is 0 Å². The molecule has 0 aromatic heterocycles. The topological polar surface area (TPSA) is 12.5 Å². The van der Waals surface area contributed by atoms with Crippen molar-refractivity contribution >= 4 is 0 Å². The molecule has 0 unspecified atom stereocenters. The van der Waals surface area contributed by atoms with E-state index in [4.69, 9.17) is 4.74 Å². The Morgan fingerprint density at radius 3 is 1.42 bits per heavy atom. The molecular formula is C17H33NO. The van der Waals surface area contributed by atoms with Crippen LogP contribution in [0.25, 0.3) is 0 Å². The third kappa shape index (κ3) is 2.17. The summed E-state index contributed by atoms with van der Waals surface area (Å²) < 4.78 is 6.49. The Hall–Kier alpha value is -0.340. The quantitative estimate of drug-likeness (QED) is 0.688. The van der Waals surface area contributed by atoms with Crippen LogP contribution in [0.3, 0.4) is 0 Å². The summed E-state index contributed by atoms with van der Waals surface area (Å²) in [6.07, 6.45) is 2.05. The second kappa shape index (κ2) is 4.08. The first-order chi connectivity index (χ1) is 8.13. The van der Waals surface area contributed by atoms with Crippen molar-refractivity contribution in [1.82, 2.24) is 4.90 Å². The molecule has 1 saturated heterocycles. The molecule has 0 saturated carbocycles. The standard InChI is InChI=1S/C17H33NO/c1-12-13(2,3)18-14(4,5)16(8,9)19-17(10,11)15(18,6)7/h12H,1H2,2-11H3. The minimum absolute atomic E-state index is 0.0919. The van der Waals surface area contributed by atoms with Gasteiger partial charge in [-0.2, -0.15) is 0 Å². The van der Waals surface area contributed by atoms with Gasteiger partial charge in [-0.3, -0.25) is 4.90 Å². The fraction of sp³-hybridized carbons (Fsp3) is 0.882. The van der Waals surface area contributed by atoms with Crippen LogP contribution in [-0.4, -0.2) is 32.7 Å². The molecule has 0 spiro atoms. The van der Waals surface area contributed by atoms with Crippen molar-refractivity contribution in [3.05, 3.63) is 12.7 Å². The lowest BCUT2D eigenvalue weighted by atomic mass is 9.68. The van der Waals surface area contributed by atoms with Gasteiger partial charge in [0.2, 0.25) is 0 Å². The normalized spacial score (nSPS) is 28.9. The molecule has 0 aromatic rings. The Morgan fingerprint density at radius 2 is 1.16 bits per heavy atom. The van der Waals surface area contributed by atoms with E-state index < -0.39 is 0 Å². The summed E-state index contributed by atoms with van der Waals surface area (Å²) in [7, 11) is 0. The molecule has 0 atom stereocenters. The van der Waals surface area contributed by atoms with Gasteiger partial charge >= 0.3 is 0 Å². The van der Waals surface area contributed by atoms with Gasteiger partial charge in [0.05, 0.1) is 11.2 Å². The first kappa shape index (κ1) is 16.7. The smallest absolute Gasteiger partial charge is 0.0812 e. The second-order valence-electron chi connectivity index (χ2n) is 8.43. The van der Waals surface area contributed by atoms with E-state index in [1.165, 1.54) is 0 Å². The Kier molecular flexibility index (Phi) is 3.59. The molecule has 1 rings (SSSR count). The highest BCUT2D eigenvalue weighted by molar-refractivity contribution is 5.19. The van der Waals surface area contributed by atoms with E-state index in [0.717, 1.165) is 0 Å². The Labute approximate surface area is 120 Å². The van der Waals surface area contributed by atoms with Crippen molar-refractivity contribution in [2.24, 2.45) is 0 Å². The highest BCUT2D eigenvalue weighted by atomic mass is 16.5. The van der Waals surface area contributed by atoms with Crippen molar-refractivity contribution in [2.75, 3.05) is 0 Å². The molecule has 1 heterocycles. The van der Waals surface area contributed by atoms with Crippen molar-refractivity contribution in [1.29, 1.82) is 0 Å².